The second-order valence-electron chi connectivity index (χ2n) is 8.81. The van der Waals surface area contributed by atoms with Crippen LogP contribution in [0.3, 0.4) is 0 Å². The van der Waals surface area contributed by atoms with Crippen molar-refractivity contribution in [2.24, 2.45) is 10.9 Å². The van der Waals surface area contributed by atoms with Crippen molar-refractivity contribution >= 4 is 40.0 Å². The summed E-state index contributed by atoms with van der Waals surface area (Å²) in [7, 11) is -3.41. The van der Waals surface area contributed by atoms with Crippen molar-refractivity contribution in [2.75, 3.05) is 19.6 Å². The third-order valence-electron chi connectivity index (χ3n) is 6.37. The van der Waals surface area contributed by atoms with E-state index in [9.17, 15) is 8.42 Å². The fraction of sp³-hybridized carbons (Fsp3) is 0.682. The van der Waals surface area contributed by atoms with E-state index in [1.54, 1.807) is 16.4 Å². The van der Waals surface area contributed by atoms with Gasteiger partial charge in [0.1, 0.15) is 0 Å². The van der Waals surface area contributed by atoms with Crippen LogP contribution in [0.1, 0.15) is 51.5 Å². The van der Waals surface area contributed by atoms with Gasteiger partial charge in [0.05, 0.1) is 29.7 Å². The Morgan fingerprint density at radius 1 is 1.23 bits per heavy atom. The lowest BCUT2D eigenvalue weighted by Gasteiger charge is -2.30. The van der Waals surface area contributed by atoms with Crippen LogP contribution < -0.4 is 10.6 Å². The molecule has 31 heavy (non-hydrogen) atoms. The SMILES string of the molecule is CCNC(=NCc1ccc(S(=O)(=O)N2CCCC(C)C2)cc1)NC1CC2CCC1O2.I. The highest BCUT2D eigenvalue weighted by Gasteiger charge is 2.41. The lowest BCUT2D eigenvalue weighted by atomic mass is 9.96. The molecule has 3 fully saturated rings. The molecule has 0 amide bonds. The zero-order valence-corrected chi connectivity index (χ0v) is 21.6. The third kappa shape index (κ3) is 5.91. The molecule has 2 N–H and O–H groups in total. The summed E-state index contributed by atoms with van der Waals surface area (Å²) in [5.41, 5.74) is 0.988. The van der Waals surface area contributed by atoms with E-state index in [0.29, 0.717) is 48.7 Å². The molecular weight excluding hydrogens is 527 g/mol. The quantitative estimate of drug-likeness (QED) is 0.317. The fourth-order valence-electron chi connectivity index (χ4n) is 4.74. The summed E-state index contributed by atoms with van der Waals surface area (Å²) < 4.78 is 33.4. The molecule has 2 bridgehead atoms. The zero-order valence-electron chi connectivity index (χ0n) is 18.4. The third-order valence-corrected chi connectivity index (χ3v) is 8.25. The van der Waals surface area contributed by atoms with Crippen molar-refractivity contribution in [3.63, 3.8) is 0 Å². The van der Waals surface area contributed by atoms with Crippen LogP contribution >= 0.6 is 24.0 Å². The van der Waals surface area contributed by atoms with Crippen molar-refractivity contribution in [3.8, 4) is 0 Å². The summed E-state index contributed by atoms with van der Waals surface area (Å²) in [5, 5.41) is 6.82. The van der Waals surface area contributed by atoms with Gasteiger partial charge in [0.25, 0.3) is 0 Å². The molecule has 3 heterocycles. The van der Waals surface area contributed by atoms with E-state index >= 15 is 0 Å². The van der Waals surface area contributed by atoms with Gasteiger partial charge in [-0.2, -0.15) is 4.31 Å². The number of benzene rings is 1. The summed E-state index contributed by atoms with van der Waals surface area (Å²) in [6.45, 7) is 6.68. The number of aliphatic imine (C=N–C) groups is 1. The predicted molar refractivity (Wildman–Crippen MR) is 133 cm³/mol. The Hall–Kier alpha value is -0.910. The predicted octanol–water partition coefficient (Wildman–Crippen LogP) is 3.10. The highest BCUT2D eigenvalue weighted by Crippen LogP contribution is 2.34. The Balaban J connectivity index is 0.00000272. The molecule has 0 aliphatic carbocycles. The summed E-state index contributed by atoms with van der Waals surface area (Å²) in [6.07, 6.45) is 6.04. The molecule has 4 unspecified atom stereocenters. The Bertz CT molecular complexity index is 862. The van der Waals surface area contributed by atoms with Crippen molar-refractivity contribution in [2.45, 2.75) is 75.6 Å². The van der Waals surface area contributed by atoms with Gasteiger partial charge < -0.3 is 15.4 Å². The Kier molecular flexibility index (Phi) is 8.62. The Morgan fingerprint density at radius 3 is 2.61 bits per heavy atom. The van der Waals surface area contributed by atoms with Gasteiger partial charge in [-0.15, -0.1) is 24.0 Å². The number of fused-ring (bicyclic) bond motifs is 2. The number of guanidine groups is 1. The largest absolute Gasteiger partial charge is 0.373 e. The zero-order chi connectivity index (χ0) is 21.1. The first-order chi connectivity index (χ1) is 14.5. The highest BCUT2D eigenvalue weighted by atomic mass is 127. The number of nitrogens with zero attached hydrogens (tertiary/aromatic N) is 2. The van der Waals surface area contributed by atoms with Gasteiger partial charge in [-0.1, -0.05) is 19.1 Å². The van der Waals surface area contributed by atoms with E-state index in [1.165, 1.54) is 6.42 Å². The van der Waals surface area contributed by atoms with Crippen molar-refractivity contribution in [1.29, 1.82) is 0 Å². The van der Waals surface area contributed by atoms with Crippen LogP contribution in [-0.2, 0) is 21.3 Å². The second-order valence-corrected chi connectivity index (χ2v) is 10.7. The number of ether oxygens (including phenoxy) is 1. The van der Waals surface area contributed by atoms with Crippen LogP contribution in [-0.4, -0.2) is 56.6 Å². The summed E-state index contributed by atoms with van der Waals surface area (Å²) in [5.74, 6) is 1.21. The normalized spacial score (nSPS) is 28.9. The molecule has 1 aromatic carbocycles. The van der Waals surface area contributed by atoms with Crippen molar-refractivity contribution in [3.05, 3.63) is 29.8 Å². The van der Waals surface area contributed by atoms with Crippen LogP contribution in [0.4, 0.5) is 0 Å². The number of hydrogen-bond donors (Lipinski definition) is 2. The maximum atomic E-state index is 12.9. The van der Waals surface area contributed by atoms with E-state index in [0.717, 1.165) is 43.8 Å². The maximum absolute atomic E-state index is 12.9. The van der Waals surface area contributed by atoms with E-state index in [2.05, 4.69) is 24.5 Å². The molecule has 1 aromatic rings. The first kappa shape index (κ1) is 24.7. The first-order valence-electron chi connectivity index (χ1n) is 11.2. The number of nitrogens with one attached hydrogen (secondary N) is 2. The number of rotatable bonds is 6. The molecular formula is C22H35IN4O3S. The Morgan fingerprint density at radius 2 is 2.00 bits per heavy atom. The molecule has 0 spiro atoms. The minimum absolute atomic E-state index is 0. The first-order valence-corrected chi connectivity index (χ1v) is 12.7. The number of piperidine rings is 1. The molecule has 0 saturated carbocycles. The Labute approximate surface area is 203 Å². The monoisotopic (exact) mass is 562 g/mol. The summed E-state index contributed by atoms with van der Waals surface area (Å²) in [4.78, 5) is 5.07. The molecule has 9 heteroatoms. The summed E-state index contributed by atoms with van der Waals surface area (Å²) in [6, 6.07) is 7.48. The minimum Gasteiger partial charge on any atom is -0.373 e. The number of sulfonamides is 1. The standard InChI is InChI=1S/C22H34N4O3S.HI/c1-3-23-22(25-20-13-18-8-11-21(20)29-18)24-14-17-6-9-19(10-7-17)30(27,28)26-12-4-5-16(2)15-26;/h6-7,9-10,16,18,20-21H,3-5,8,11-15H2,1-2H3,(H2,23,24,25);1H. The summed E-state index contributed by atoms with van der Waals surface area (Å²) >= 11 is 0. The van der Waals surface area contributed by atoms with Gasteiger partial charge in [-0.05, 0) is 62.6 Å². The van der Waals surface area contributed by atoms with Crippen molar-refractivity contribution in [1.82, 2.24) is 14.9 Å². The van der Waals surface area contributed by atoms with Gasteiger partial charge in [0, 0.05) is 19.6 Å². The average molecular weight is 563 g/mol. The molecule has 3 aliphatic heterocycles. The van der Waals surface area contributed by atoms with Gasteiger partial charge in [0.15, 0.2) is 5.96 Å². The molecule has 0 radical (unpaired) electrons. The molecule has 174 valence electrons. The molecule has 4 rings (SSSR count). The van der Waals surface area contributed by atoms with E-state index in [1.807, 2.05) is 12.1 Å². The maximum Gasteiger partial charge on any atom is 0.243 e. The van der Waals surface area contributed by atoms with Gasteiger partial charge >= 0.3 is 0 Å². The molecule has 3 saturated heterocycles. The molecule has 0 aromatic heterocycles. The van der Waals surface area contributed by atoms with Crippen LogP contribution in [0.2, 0.25) is 0 Å². The molecule has 4 atom stereocenters. The number of hydrogen-bond acceptors (Lipinski definition) is 4. The average Bonchev–Trinajstić information content (AvgIpc) is 3.36. The minimum atomic E-state index is -3.41. The van der Waals surface area contributed by atoms with E-state index in [4.69, 9.17) is 9.73 Å². The van der Waals surface area contributed by atoms with Crippen LogP contribution in [0.15, 0.2) is 34.2 Å². The topological polar surface area (TPSA) is 83.0 Å². The van der Waals surface area contributed by atoms with Crippen LogP contribution in [0, 0.1) is 5.92 Å². The highest BCUT2D eigenvalue weighted by molar-refractivity contribution is 14.0. The number of halogens is 1. The van der Waals surface area contributed by atoms with Crippen LogP contribution in [0.5, 0.6) is 0 Å². The van der Waals surface area contributed by atoms with E-state index < -0.39 is 10.0 Å². The fourth-order valence-corrected chi connectivity index (χ4v) is 6.33. The van der Waals surface area contributed by atoms with E-state index in [-0.39, 0.29) is 24.0 Å². The molecule has 7 nitrogen and oxygen atoms in total. The smallest absolute Gasteiger partial charge is 0.243 e. The van der Waals surface area contributed by atoms with Crippen LogP contribution in [0.25, 0.3) is 0 Å². The van der Waals surface area contributed by atoms with Gasteiger partial charge in [0.2, 0.25) is 10.0 Å². The van der Waals surface area contributed by atoms with Gasteiger partial charge in [-0.3, -0.25) is 0 Å². The van der Waals surface area contributed by atoms with Crippen molar-refractivity contribution < 1.29 is 13.2 Å². The van der Waals surface area contributed by atoms with Gasteiger partial charge in [-0.25, -0.2) is 13.4 Å². The lowest BCUT2D eigenvalue weighted by Crippen LogP contribution is -2.47. The molecule has 3 aliphatic rings. The second kappa shape index (κ2) is 10.8. The lowest BCUT2D eigenvalue weighted by molar-refractivity contribution is 0.0992.